The van der Waals surface area contributed by atoms with Gasteiger partial charge in [-0.15, -0.1) is 0 Å². The molecule has 1 aliphatic rings. The number of benzene rings is 2. The topological polar surface area (TPSA) is 77.1 Å². The van der Waals surface area contributed by atoms with Crippen molar-refractivity contribution in [3.05, 3.63) is 58.2 Å². The molecule has 2 aromatic carbocycles. The van der Waals surface area contributed by atoms with E-state index in [0.717, 1.165) is 12.8 Å². The Balaban J connectivity index is 2.03. The van der Waals surface area contributed by atoms with Crippen LogP contribution in [0.4, 0.5) is 0 Å². The lowest BCUT2D eigenvalue weighted by Gasteiger charge is -2.31. The first-order valence-electron chi connectivity index (χ1n) is 10.7. The summed E-state index contributed by atoms with van der Waals surface area (Å²) in [7, 11) is 4.54. The minimum atomic E-state index is -0.468. The molecule has 3 rings (SSSR count). The fraction of sp³-hybridized carbons (Fsp3) is 0.360. The van der Waals surface area contributed by atoms with Gasteiger partial charge in [-0.25, -0.2) is 0 Å². The zero-order valence-electron chi connectivity index (χ0n) is 19.3. The first kappa shape index (κ1) is 24.5. The predicted octanol–water partition coefficient (Wildman–Crippen LogP) is 4.40. The Bertz CT molecular complexity index is 1050. The van der Waals surface area contributed by atoms with Crippen LogP contribution in [-0.2, 0) is 4.79 Å². The molecule has 1 N–H and O–H groups in total. The van der Waals surface area contributed by atoms with Crippen LogP contribution in [-0.4, -0.2) is 51.1 Å². The van der Waals surface area contributed by atoms with Crippen molar-refractivity contribution in [2.75, 3.05) is 34.4 Å². The maximum absolute atomic E-state index is 13.5. The van der Waals surface area contributed by atoms with Crippen molar-refractivity contribution >= 4 is 29.5 Å². The molecule has 0 unspecified atom stereocenters. The smallest absolute Gasteiger partial charge is 0.270 e. The first-order valence-corrected chi connectivity index (χ1v) is 11.1. The lowest BCUT2D eigenvalue weighted by molar-refractivity contribution is -0.128. The van der Waals surface area contributed by atoms with E-state index in [4.69, 9.17) is 25.8 Å². The summed E-state index contributed by atoms with van der Waals surface area (Å²) in [6.07, 6.45) is 3.42. The van der Waals surface area contributed by atoms with Gasteiger partial charge in [0, 0.05) is 18.7 Å². The second-order valence-corrected chi connectivity index (χ2v) is 8.30. The molecule has 0 bridgehead atoms. The number of rotatable bonds is 7. The Morgan fingerprint density at radius 1 is 1.00 bits per heavy atom. The molecule has 33 heavy (non-hydrogen) atoms. The van der Waals surface area contributed by atoms with Crippen LogP contribution in [0.25, 0.3) is 6.08 Å². The number of likely N-dealkylation sites (tertiary alicyclic amines) is 1. The van der Waals surface area contributed by atoms with Crippen molar-refractivity contribution in [2.45, 2.75) is 19.8 Å². The van der Waals surface area contributed by atoms with Gasteiger partial charge in [0.1, 0.15) is 5.70 Å². The Morgan fingerprint density at radius 3 is 2.27 bits per heavy atom. The summed E-state index contributed by atoms with van der Waals surface area (Å²) in [6, 6.07) is 10.2. The number of carbonyl (C=O) groups is 2. The van der Waals surface area contributed by atoms with Gasteiger partial charge in [0.05, 0.1) is 31.9 Å². The standard InChI is InChI=1S/C25H29ClN2O5/c1-16-11-13-28(14-12-16)25(30)20(27-24(29)18-7-5-6-8-19(18)26)15-17-9-10-21(31-2)23(33-4)22(17)32-3/h5-10,15-16H,11-14H2,1-4H3,(H,27,29)/b20-15-. The highest BCUT2D eigenvalue weighted by atomic mass is 35.5. The number of amides is 2. The summed E-state index contributed by atoms with van der Waals surface area (Å²) in [5.74, 6) is 1.10. The molecule has 1 saturated heterocycles. The molecular weight excluding hydrogens is 444 g/mol. The van der Waals surface area contributed by atoms with Crippen LogP contribution >= 0.6 is 11.6 Å². The zero-order chi connectivity index (χ0) is 24.0. The van der Waals surface area contributed by atoms with Crippen LogP contribution in [0.1, 0.15) is 35.7 Å². The van der Waals surface area contributed by atoms with Crippen molar-refractivity contribution < 1.29 is 23.8 Å². The van der Waals surface area contributed by atoms with Crippen molar-refractivity contribution in [1.82, 2.24) is 10.2 Å². The number of methoxy groups -OCH3 is 3. The molecule has 2 amide bonds. The van der Waals surface area contributed by atoms with Crippen LogP contribution in [0.2, 0.25) is 5.02 Å². The highest BCUT2D eigenvalue weighted by Crippen LogP contribution is 2.40. The van der Waals surface area contributed by atoms with Gasteiger partial charge in [0.2, 0.25) is 5.75 Å². The molecule has 8 heteroatoms. The lowest BCUT2D eigenvalue weighted by Crippen LogP contribution is -2.42. The predicted molar refractivity (Wildman–Crippen MR) is 128 cm³/mol. The van der Waals surface area contributed by atoms with E-state index in [0.29, 0.717) is 46.8 Å². The van der Waals surface area contributed by atoms with Crippen LogP contribution in [0.3, 0.4) is 0 Å². The van der Waals surface area contributed by atoms with E-state index in [1.807, 2.05) is 0 Å². The molecule has 0 spiro atoms. The SMILES string of the molecule is COc1ccc(/C=C(\NC(=O)c2ccccc2Cl)C(=O)N2CCC(C)CC2)c(OC)c1OC. The van der Waals surface area contributed by atoms with Crippen LogP contribution in [0, 0.1) is 5.92 Å². The summed E-state index contributed by atoms with van der Waals surface area (Å²) in [5, 5.41) is 3.07. The van der Waals surface area contributed by atoms with Crippen molar-refractivity contribution in [2.24, 2.45) is 5.92 Å². The number of carbonyl (C=O) groups excluding carboxylic acids is 2. The molecule has 0 atom stereocenters. The Hall–Kier alpha value is -3.19. The molecule has 0 aliphatic carbocycles. The number of hydrogen-bond acceptors (Lipinski definition) is 5. The van der Waals surface area contributed by atoms with Crippen LogP contribution in [0.5, 0.6) is 17.2 Å². The van der Waals surface area contributed by atoms with E-state index in [2.05, 4.69) is 12.2 Å². The molecule has 0 saturated carbocycles. The normalized spacial score (nSPS) is 14.6. The second kappa shape index (κ2) is 11.1. The average molecular weight is 473 g/mol. The molecule has 1 heterocycles. The van der Waals surface area contributed by atoms with Gasteiger partial charge < -0.3 is 24.4 Å². The minimum absolute atomic E-state index is 0.125. The Kier molecular flexibility index (Phi) is 8.22. The van der Waals surface area contributed by atoms with E-state index >= 15 is 0 Å². The molecule has 2 aromatic rings. The molecule has 1 aliphatic heterocycles. The van der Waals surface area contributed by atoms with Gasteiger partial charge in [-0.1, -0.05) is 30.7 Å². The van der Waals surface area contributed by atoms with Gasteiger partial charge in [-0.2, -0.15) is 0 Å². The monoisotopic (exact) mass is 472 g/mol. The quantitative estimate of drug-likeness (QED) is 0.604. The van der Waals surface area contributed by atoms with E-state index in [1.54, 1.807) is 47.4 Å². The summed E-state index contributed by atoms with van der Waals surface area (Å²) in [6.45, 7) is 3.43. The zero-order valence-corrected chi connectivity index (χ0v) is 20.1. The maximum atomic E-state index is 13.5. The van der Waals surface area contributed by atoms with Crippen molar-refractivity contribution in [3.8, 4) is 17.2 Å². The lowest BCUT2D eigenvalue weighted by atomic mass is 9.99. The van der Waals surface area contributed by atoms with Gasteiger partial charge in [0.25, 0.3) is 11.8 Å². The number of halogens is 1. The fourth-order valence-electron chi connectivity index (χ4n) is 3.76. The third-order valence-corrected chi connectivity index (χ3v) is 6.03. The summed E-state index contributed by atoms with van der Waals surface area (Å²) in [5.41, 5.74) is 0.965. The van der Waals surface area contributed by atoms with Crippen LogP contribution < -0.4 is 19.5 Å². The third-order valence-electron chi connectivity index (χ3n) is 5.70. The number of nitrogens with one attached hydrogen (secondary N) is 1. The van der Waals surface area contributed by atoms with E-state index in [9.17, 15) is 9.59 Å². The first-order chi connectivity index (χ1) is 15.9. The molecule has 0 aromatic heterocycles. The third kappa shape index (κ3) is 5.60. The highest BCUT2D eigenvalue weighted by Gasteiger charge is 2.26. The van der Waals surface area contributed by atoms with Crippen LogP contribution in [0.15, 0.2) is 42.1 Å². The number of nitrogens with zero attached hydrogens (tertiary/aromatic N) is 1. The van der Waals surface area contributed by atoms with Crippen molar-refractivity contribution in [1.29, 1.82) is 0 Å². The number of piperidine rings is 1. The highest BCUT2D eigenvalue weighted by molar-refractivity contribution is 6.34. The van der Waals surface area contributed by atoms with Gasteiger partial charge in [-0.05, 0) is 49.1 Å². The number of hydrogen-bond donors (Lipinski definition) is 1. The molecule has 7 nitrogen and oxygen atoms in total. The fourth-order valence-corrected chi connectivity index (χ4v) is 3.98. The Morgan fingerprint density at radius 2 is 1.67 bits per heavy atom. The molecule has 0 radical (unpaired) electrons. The van der Waals surface area contributed by atoms with E-state index in [1.165, 1.54) is 21.3 Å². The average Bonchev–Trinajstić information content (AvgIpc) is 2.83. The largest absolute Gasteiger partial charge is 0.493 e. The minimum Gasteiger partial charge on any atom is -0.493 e. The molecule has 1 fully saturated rings. The van der Waals surface area contributed by atoms with E-state index < -0.39 is 5.91 Å². The summed E-state index contributed by atoms with van der Waals surface area (Å²) >= 11 is 6.20. The van der Waals surface area contributed by atoms with Gasteiger partial charge >= 0.3 is 0 Å². The van der Waals surface area contributed by atoms with Gasteiger partial charge in [-0.3, -0.25) is 9.59 Å². The summed E-state index contributed by atoms with van der Waals surface area (Å²) in [4.78, 5) is 28.2. The Labute approximate surface area is 199 Å². The maximum Gasteiger partial charge on any atom is 0.270 e. The van der Waals surface area contributed by atoms with E-state index in [-0.39, 0.29) is 17.2 Å². The summed E-state index contributed by atoms with van der Waals surface area (Å²) < 4.78 is 16.3. The number of ether oxygens (including phenoxy) is 3. The molecule has 176 valence electrons. The second-order valence-electron chi connectivity index (χ2n) is 7.89. The van der Waals surface area contributed by atoms with Gasteiger partial charge in [0.15, 0.2) is 11.5 Å². The molecular formula is C25H29ClN2O5. The van der Waals surface area contributed by atoms with Crippen molar-refractivity contribution in [3.63, 3.8) is 0 Å².